The highest BCUT2D eigenvalue weighted by molar-refractivity contribution is 5.95. The summed E-state index contributed by atoms with van der Waals surface area (Å²) in [6.45, 7) is 0.178. The standard InChI is InChI=1S/C17H19N5O3/c1-24-14-7-6-11(9-21-22-17(19)20)8-12(14)10-25-15-5-3-2-4-13(15)16(18)23/h2-9H,10H2,1H3,(H2,18,23)(H4,19,20,22). The summed E-state index contributed by atoms with van der Waals surface area (Å²) >= 11 is 0. The number of carbonyl (C=O) groups is 1. The molecular weight excluding hydrogens is 322 g/mol. The van der Waals surface area contributed by atoms with E-state index in [2.05, 4.69) is 10.2 Å². The van der Waals surface area contributed by atoms with Gasteiger partial charge in [-0.1, -0.05) is 12.1 Å². The first-order valence-electron chi connectivity index (χ1n) is 7.31. The van der Waals surface area contributed by atoms with Crippen LogP contribution >= 0.6 is 0 Å². The maximum atomic E-state index is 11.5. The molecule has 0 atom stereocenters. The maximum Gasteiger partial charge on any atom is 0.252 e. The van der Waals surface area contributed by atoms with Gasteiger partial charge in [0.15, 0.2) is 0 Å². The minimum Gasteiger partial charge on any atom is -0.496 e. The molecule has 0 saturated heterocycles. The number of amides is 1. The Bertz CT molecular complexity index is 814. The number of nitrogens with zero attached hydrogens (tertiary/aromatic N) is 2. The van der Waals surface area contributed by atoms with Gasteiger partial charge >= 0.3 is 0 Å². The lowest BCUT2D eigenvalue weighted by Crippen LogP contribution is -2.21. The van der Waals surface area contributed by atoms with E-state index >= 15 is 0 Å². The van der Waals surface area contributed by atoms with Gasteiger partial charge in [-0.05, 0) is 35.9 Å². The molecule has 0 spiro atoms. The maximum absolute atomic E-state index is 11.5. The molecule has 2 aromatic rings. The van der Waals surface area contributed by atoms with Crippen LogP contribution in [0.2, 0.25) is 0 Å². The third kappa shape index (κ3) is 4.96. The summed E-state index contributed by atoms with van der Waals surface area (Å²) in [5.74, 6) is 0.351. The number of nitrogens with two attached hydrogens (primary N) is 3. The fourth-order valence-corrected chi connectivity index (χ4v) is 2.11. The molecular formula is C17H19N5O3. The molecule has 0 heterocycles. The van der Waals surface area contributed by atoms with Crippen LogP contribution in [0.5, 0.6) is 11.5 Å². The minimum atomic E-state index is -0.555. The summed E-state index contributed by atoms with van der Waals surface area (Å²) in [7, 11) is 1.56. The van der Waals surface area contributed by atoms with E-state index in [1.807, 2.05) is 6.07 Å². The zero-order valence-corrected chi connectivity index (χ0v) is 13.7. The average Bonchev–Trinajstić information content (AvgIpc) is 2.60. The Morgan fingerprint density at radius 1 is 1.12 bits per heavy atom. The van der Waals surface area contributed by atoms with Crippen LogP contribution in [0.1, 0.15) is 21.5 Å². The van der Waals surface area contributed by atoms with Gasteiger partial charge in [0.2, 0.25) is 5.96 Å². The molecule has 0 aromatic heterocycles. The Morgan fingerprint density at radius 2 is 1.88 bits per heavy atom. The first-order chi connectivity index (χ1) is 12.0. The Balaban J connectivity index is 2.22. The van der Waals surface area contributed by atoms with Crippen LogP contribution in [-0.4, -0.2) is 25.2 Å². The highest BCUT2D eigenvalue weighted by atomic mass is 16.5. The van der Waals surface area contributed by atoms with Gasteiger partial charge in [-0.2, -0.15) is 5.10 Å². The minimum absolute atomic E-state index is 0.128. The van der Waals surface area contributed by atoms with Crippen LogP contribution in [0, 0.1) is 0 Å². The number of benzene rings is 2. The second-order valence-corrected chi connectivity index (χ2v) is 4.99. The molecule has 25 heavy (non-hydrogen) atoms. The van der Waals surface area contributed by atoms with Crippen molar-refractivity contribution in [1.29, 1.82) is 0 Å². The van der Waals surface area contributed by atoms with Crippen molar-refractivity contribution >= 4 is 18.1 Å². The SMILES string of the molecule is COc1ccc(C=NN=C(N)N)cc1COc1ccccc1C(N)=O. The second kappa shape index (κ2) is 8.34. The molecule has 2 rings (SSSR count). The first-order valence-corrected chi connectivity index (χ1v) is 7.31. The molecule has 2 aromatic carbocycles. The molecule has 130 valence electrons. The van der Waals surface area contributed by atoms with E-state index in [1.165, 1.54) is 6.21 Å². The topological polar surface area (TPSA) is 138 Å². The van der Waals surface area contributed by atoms with Crippen molar-refractivity contribution in [2.75, 3.05) is 7.11 Å². The first kappa shape index (κ1) is 17.8. The number of carbonyl (C=O) groups excluding carboxylic acids is 1. The van der Waals surface area contributed by atoms with Crippen molar-refractivity contribution in [3.63, 3.8) is 0 Å². The number of hydrogen-bond donors (Lipinski definition) is 3. The van der Waals surface area contributed by atoms with Crippen molar-refractivity contribution < 1.29 is 14.3 Å². The number of primary amides is 1. The highest BCUT2D eigenvalue weighted by Crippen LogP contribution is 2.23. The van der Waals surface area contributed by atoms with Gasteiger partial charge in [0, 0.05) is 5.56 Å². The third-order valence-electron chi connectivity index (χ3n) is 3.22. The van der Waals surface area contributed by atoms with Crippen molar-refractivity contribution in [1.82, 2.24) is 0 Å². The molecule has 0 radical (unpaired) electrons. The Morgan fingerprint density at radius 3 is 2.56 bits per heavy atom. The van der Waals surface area contributed by atoms with Gasteiger partial charge in [0.05, 0.1) is 18.9 Å². The lowest BCUT2D eigenvalue weighted by atomic mass is 10.1. The predicted molar refractivity (Wildman–Crippen MR) is 95.7 cm³/mol. The van der Waals surface area contributed by atoms with E-state index in [-0.39, 0.29) is 12.6 Å². The Kier molecular flexibility index (Phi) is 5.94. The second-order valence-electron chi connectivity index (χ2n) is 4.99. The summed E-state index contributed by atoms with van der Waals surface area (Å²) < 4.78 is 11.1. The molecule has 0 aliphatic heterocycles. The number of ether oxygens (including phenoxy) is 2. The van der Waals surface area contributed by atoms with E-state index in [0.29, 0.717) is 17.1 Å². The summed E-state index contributed by atoms with van der Waals surface area (Å²) in [6, 6.07) is 12.1. The van der Waals surface area contributed by atoms with Crippen LogP contribution in [0.15, 0.2) is 52.7 Å². The average molecular weight is 341 g/mol. The number of guanidine groups is 1. The fraction of sp³-hybridized carbons (Fsp3) is 0.118. The molecule has 0 unspecified atom stereocenters. The number of para-hydroxylation sites is 1. The van der Waals surface area contributed by atoms with E-state index in [0.717, 1.165) is 11.1 Å². The van der Waals surface area contributed by atoms with E-state index in [1.54, 1.807) is 43.5 Å². The monoisotopic (exact) mass is 341 g/mol. The molecule has 8 heteroatoms. The zero-order chi connectivity index (χ0) is 18.2. The molecule has 0 aliphatic rings. The summed E-state index contributed by atoms with van der Waals surface area (Å²) in [4.78, 5) is 11.5. The molecule has 0 aliphatic carbocycles. The number of rotatable bonds is 7. The van der Waals surface area contributed by atoms with E-state index < -0.39 is 5.91 Å². The fourth-order valence-electron chi connectivity index (χ4n) is 2.11. The normalized spacial score (nSPS) is 10.4. The van der Waals surface area contributed by atoms with Crippen LogP contribution in [0.25, 0.3) is 0 Å². The van der Waals surface area contributed by atoms with Gasteiger partial charge in [0.1, 0.15) is 18.1 Å². The van der Waals surface area contributed by atoms with Crippen LogP contribution in [0.4, 0.5) is 0 Å². The van der Waals surface area contributed by atoms with Gasteiger partial charge in [-0.3, -0.25) is 4.79 Å². The Labute approximate surface area is 144 Å². The van der Waals surface area contributed by atoms with Gasteiger partial charge in [-0.25, -0.2) is 0 Å². The molecule has 6 N–H and O–H groups in total. The van der Waals surface area contributed by atoms with Crippen LogP contribution in [0.3, 0.4) is 0 Å². The predicted octanol–water partition coefficient (Wildman–Crippen LogP) is 0.980. The highest BCUT2D eigenvalue weighted by Gasteiger charge is 2.10. The van der Waals surface area contributed by atoms with Crippen LogP contribution in [-0.2, 0) is 6.61 Å². The van der Waals surface area contributed by atoms with Crippen molar-refractivity contribution in [3.8, 4) is 11.5 Å². The van der Waals surface area contributed by atoms with E-state index in [4.69, 9.17) is 26.7 Å². The summed E-state index contributed by atoms with van der Waals surface area (Å²) in [5, 5.41) is 7.31. The van der Waals surface area contributed by atoms with Crippen molar-refractivity contribution in [2.45, 2.75) is 6.61 Å². The largest absolute Gasteiger partial charge is 0.496 e. The summed E-state index contributed by atoms with van der Waals surface area (Å²) in [5.41, 5.74) is 17.6. The number of hydrogen-bond acceptors (Lipinski definition) is 5. The van der Waals surface area contributed by atoms with Crippen molar-refractivity contribution in [3.05, 3.63) is 59.2 Å². The molecule has 1 amide bonds. The lowest BCUT2D eigenvalue weighted by Gasteiger charge is -2.12. The molecule has 0 saturated carbocycles. The Hall–Kier alpha value is -3.55. The molecule has 0 bridgehead atoms. The van der Waals surface area contributed by atoms with Gasteiger partial charge in [0.25, 0.3) is 5.91 Å². The quantitative estimate of drug-likeness (QED) is 0.391. The zero-order valence-electron chi connectivity index (χ0n) is 13.7. The molecule has 8 nitrogen and oxygen atoms in total. The van der Waals surface area contributed by atoms with Crippen LogP contribution < -0.4 is 26.7 Å². The molecule has 0 fully saturated rings. The lowest BCUT2D eigenvalue weighted by molar-refractivity contribution is 0.0996. The third-order valence-corrected chi connectivity index (χ3v) is 3.22. The van der Waals surface area contributed by atoms with Gasteiger partial charge in [-0.15, -0.1) is 5.10 Å². The van der Waals surface area contributed by atoms with Gasteiger partial charge < -0.3 is 26.7 Å². The van der Waals surface area contributed by atoms with E-state index in [9.17, 15) is 4.79 Å². The smallest absolute Gasteiger partial charge is 0.252 e. The van der Waals surface area contributed by atoms with Crippen molar-refractivity contribution in [2.24, 2.45) is 27.4 Å². The number of methoxy groups -OCH3 is 1. The summed E-state index contributed by atoms with van der Waals surface area (Å²) in [6.07, 6.45) is 1.50.